The normalized spacial score (nSPS) is 18.8. The summed E-state index contributed by atoms with van der Waals surface area (Å²) in [5.41, 5.74) is 8.93. The van der Waals surface area contributed by atoms with E-state index in [1.807, 2.05) is 19.9 Å². The molecule has 1 aromatic heterocycles. The standard InChI is InChI=1S/C16H25N3OS/c1-4-8-20-13-6-5-7-19(10-13)16-14(15(17)21)11(2)9-12(3)18-16/h9,13H,4-8,10H2,1-3H3,(H2,17,21). The molecule has 0 amide bonds. The molecular formula is C16H25N3OS. The van der Waals surface area contributed by atoms with Gasteiger partial charge in [0.2, 0.25) is 0 Å². The van der Waals surface area contributed by atoms with Crippen LogP contribution in [0.3, 0.4) is 0 Å². The number of piperidine rings is 1. The molecule has 0 aromatic carbocycles. The average Bonchev–Trinajstić information content (AvgIpc) is 2.44. The highest BCUT2D eigenvalue weighted by molar-refractivity contribution is 7.80. The summed E-state index contributed by atoms with van der Waals surface area (Å²) < 4.78 is 5.91. The maximum atomic E-state index is 5.92. The number of rotatable bonds is 5. The van der Waals surface area contributed by atoms with Gasteiger partial charge in [-0.3, -0.25) is 0 Å². The van der Waals surface area contributed by atoms with Gasteiger partial charge in [-0.05, 0) is 44.7 Å². The third-order valence-electron chi connectivity index (χ3n) is 3.81. The van der Waals surface area contributed by atoms with E-state index in [1.165, 1.54) is 0 Å². The number of aromatic nitrogens is 1. The molecule has 0 bridgehead atoms. The van der Waals surface area contributed by atoms with Gasteiger partial charge in [0, 0.05) is 25.4 Å². The van der Waals surface area contributed by atoms with Gasteiger partial charge in [0.25, 0.3) is 0 Å². The first-order chi connectivity index (χ1) is 10.0. The van der Waals surface area contributed by atoms with Gasteiger partial charge < -0.3 is 15.4 Å². The lowest BCUT2D eigenvalue weighted by Crippen LogP contribution is -2.41. The molecular weight excluding hydrogens is 282 g/mol. The third-order valence-corrected chi connectivity index (χ3v) is 4.01. The Morgan fingerprint density at radius 1 is 1.52 bits per heavy atom. The van der Waals surface area contributed by atoms with Gasteiger partial charge in [0.1, 0.15) is 10.8 Å². The first-order valence-electron chi connectivity index (χ1n) is 7.67. The Morgan fingerprint density at radius 3 is 2.95 bits per heavy atom. The van der Waals surface area contributed by atoms with Crippen LogP contribution in [0.15, 0.2) is 6.07 Å². The molecule has 21 heavy (non-hydrogen) atoms. The molecule has 0 spiro atoms. The summed E-state index contributed by atoms with van der Waals surface area (Å²) in [7, 11) is 0. The minimum Gasteiger partial charge on any atom is -0.389 e. The Labute approximate surface area is 132 Å². The molecule has 2 N–H and O–H groups in total. The van der Waals surface area contributed by atoms with Crippen molar-refractivity contribution < 1.29 is 4.74 Å². The maximum absolute atomic E-state index is 5.92. The summed E-state index contributed by atoms with van der Waals surface area (Å²) in [6.45, 7) is 8.86. The molecule has 0 radical (unpaired) electrons. The Bertz CT molecular complexity index is 518. The number of nitrogens with zero attached hydrogens (tertiary/aromatic N) is 2. The van der Waals surface area contributed by atoms with Crippen LogP contribution in [0, 0.1) is 13.8 Å². The van der Waals surface area contributed by atoms with Crippen LogP contribution in [-0.2, 0) is 4.74 Å². The molecule has 1 unspecified atom stereocenters. The lowest BCUT2D eigenvalue weighted by molar-refractivity contribution is 0.0439. The number of pyridine rings is 1. The molecule has 2 rings (SSSR count). The number of thiocarbonyl (C=S) groups is 1. The third kappa shape index (κ3) is 3.92. The maximum Gasteiger partial charge on any atom is 0.139 e. The van der Waals surface area contributed by atoms with Gasteiger partial charge in [-0.1, -0.05) is 19.1 Å². The van der Waals surface area contributed by atoms with E-state index in [0.717, 1.165) is 61.6 Å². The van der Waals surface area contributed by atoms with Crippen molar-refractivity contribution in [2.45, 2.75) is 46.1 Å². The molecule has 2 heterocycles. The van der Waals surface area contributed by atoms with Crippen molar-refractivity contribution in [3.05, 3.63) is 22.9 Å². The number of aryl methyl sites for hydroxylation is 2. The monoisotopic (exact) mass is 307 g/mol. The van der Waals surface area contributed by atoms with Crippen molar-refractivity contribution >= 4 is 23.0 Å². The Balaban J connectivity index is 2.26. The van der Waals surface area contributed by atoms with E-state index in [1.54, 1.807) is 0 Å². The predicted molar refractivity (Wildman–Crippen MR) is 91.1 cm³/mol. The van der Waals surface area contributed by atoms with E-state index in [2.05, 4.69) is 11.8 Å². The first kappa shape index (κ1) is 16.2. The molecule has 4 nitrogen and oxygen atoms in total. The summed E-state index contributed by atoms with van der Waals surface area (Å²) in [5.74, 6) is 0.921. The van der Waals surface area contributed by atoms with Crippen LogP contribution in [0.1, 0.15) is 43.0 Å². The zero-order valence-electron chi connectivity index (χ0n) is 13.2. The minimum atomic E-state index is 0.278. The van der Waals surface area contributed by atoms with Gasteiger partial charge in [-0.25, -0.2) is 4.98 Å². The molecule has 1 aliphatic rings. The predicted octanol–water partition coefficient (Wildman–Crippen LogP) is 2.73. The zero-order chi connectivity index (χ0) is 15.4. The van der Waals surface area contributed by atoms with Crippen molar-refractivity contribution in [1.29, 1.82) is 0 Å². The van der Waals surface area contributed by atoms with E-state index in [4.69, 9.17) is 27.7 Å². The molecule has 1 aliphatic heterocycles. The SMILES string of the molecule is CCCOC1CCCN(c2nc(C)cc(C)c2C(N)=S)C1. The zero-order valence-corrected chi connectivity index (χ0v) is 14.0. The van der Waals surface area contributed by atoms with Gasteiger partial charge in [-0.15, -0.1) is 0 Å². The summed E-state index contributed by atoms with van der Waals surface area (Å²) in [4.78, 5) is 7.40. The first-order valence-corrected chi connectivity index (χ1v) is 8.08. The summed E-state index contributed by atoms with van der Waals surface area (Å²) in [5, 5.41) is 0. The van der Waals surface area contributed by atoms with Crippen LogP contribution in [0.25, 0.3) is 0 Å². The molecule has 1 atom stereocenters. The van der Waals surface area contributed by atoms with Crippen LogP contribution >= 0.6 is 12.2 Å². The summed E-state index contributed by atoms with van der Waals surface area (Å²) in [6.07, 6.45) is 3.56. The summed E-state index contributed by atoms with van der Waals surface area (Å²) in [6, 6.07) is 2.03. The van der Waals surface area contributed by atoms with Crippen molar-refractivity contribution in [1.82, 2.24) is 4.98 Å². The molecule has 5 heteroatoms. The van der Waals surface area contributed by atoms with Gasteiger partial charge in [-0.2, -0.15) is 0 Å². The van der Waals surface area contributed by atoms with Crippen LogP contribution in [0.2, 0.25) is 0 Å². The lowest BCUT2D eigenvalue weighted by atomic mass is 10.0. The minimum absolute atomic E-state index is 0.278. The number of hydrogen-bond donors (Lipinski definition) is 1. The second-order valence-corrected chi connectivity index (χ2v) is 6.16. The topological polar surface area (TPSA) is 51.4 Å². The number of nitrogens with two attached hydrogens (primary N) is 1. The van der Waals surface area contributed by atoms with E-state index in [9.17, 15) is 0 Å². The molecule has 116 valence electrons. The fourth-order valence-corrected chi connectivity index (χ4v) is 3.15. The number of ether oxygens (including phenoxy) is 1. The Kier molecular flexibility index (Phi) is 5.53. The highest BCUT2D eigenvalue weighted by Gasteiger charge is 2.24. The highest BCUT2D eigenvalue weighted by Crippen LogP contribution is 2.26. The van der Waals surface area contributed by atoms with Crippen LogP contribution < -0.4 is 10.6 Å². The number of hydrogen-bond acceptors (Lipinski definition) is 4. The Morgan fingerprint density at radius 2 is 2.29 bits per heavy atom. The quantitative estimate of drug-likeness (QED) is 0.848. The van der Waals surface area contributed by atoms with Crippen molar-refractivity contribution in [2.75, 3.05) is 24.6 Å². The highest BCUT2D eigenvalue weighted by atomic mass is 32.1. The average molecular weight is 307 g/mol. The van der Waals surface area contributed by atoms with Crippen LogP contribution in [0.4, 0.5) is 5.82 Å². The van der Waals surface area contributed by atoms with Crippen LogP contribution in [-0.4, -0.2) is 35.8 Å². The molecule has 0 saturated carbocycles. The van der Waals surface area contributed by atoms with E-state index < -0.39 is 0 Å². The van der Waals surface area contributed by atoms with Crippen molar-refractivity contribution in [3.63, 3.8) is 0 Å². The molecule has 1 saturated heterocycles. The van der Waals surface area contributed by atoms with Crippen molar-refractivity contribution in [3.8, 4) is 0 Å². The van der Waals surface area contributed by atoms with Gasteiger partial charge >= 0.3 is 0 Å². The smallest absolute Gasteiger partial charge is 0.139 e. The van der Waals surface area contributed by atoms with Gasteiger partial charge in [0.15, 0.2) is 0 Å². The Hall–Kier alpha value is -1.20. The molecule has 1 aromatic rings. The lowest BCUT2D eigenvalue weighted by Gasteiger charge is -2.35. The fourth-order valence-electron chi connectivity index (χ4n) is 2.90. The van der Waals surface area contributed by atoms with Gasteiger partial charge in [0.05, 0.1) is 11.7 Å². The van der Waals surface area contributed by atoms with E-state index >= 15 is 0 Å². The molecule has 1 fully saturated rings. The van der Waals surface area contributed by atoms with E-state index in [0.29, 0.717) is 4.99 Å². The second-order valence-electron chi connectivity index (χ2n) is 5.72. The fraction of sp³-hybridized carbons (Fsp3) is 0.625. The largest absolute Gasteiger partial charge is 0.389 e. The molecule has 0 aliphatic carbocycles. The van der Waals surface area contributed by atoms with E-state index in [-0.39, 0.29) is 6.10 Å². The van der Waals surface area contributed by atoms with Crippen LogP contribution in [0.5, 0.6) is 0 Å². The second kappa shape index (κ2) is 7.18. The summed E-state index contributed by atoms with van der Waals surface area (Å²) >= 11 is 5.23. The number of anilines is 1. The van der Waals surface area contributed by atoms with Crippen molar-refractivity contribution in [2.24, 2.45) is 5.73 Å².